The summed E-state index contributed by atoms with van der Waals surface area (Å²) >= 11 is 23.4. The predicted molar refractivity (Wildman–Crippen MR) is 47.6 cm³/mol. The van der Waals surface area contributed by atoms with Gasteiger partial charge < -0.3 is 0 Å². The maximum Gasteiger partial charge on any atom is 0.121 e. The summed E-state index contributed by atoms with van der Waals surface area (Å²) in [5.41, 5.74) is 0. The van der Waals surface area contributed by atoms with Gasteiger partial charge in [0.2, 0.25) is 0 Å². The first-order valence-corrected chi connectivity index (χ1v) is 4.78. The summed E-state index contributed by atoms with van der Waals surface area (Å²) in [6.07, 6.45) is 2.09. The summed E-state index contributed by atoms with van der Waals surface area (Å²) in [6, 6.07) is 0. The molecule has 0 saturated heterocycles. The fourth-order valence-electron chi connectivity index (χ4n) is 1.18. The minimum Gasteiger partial charge on any atom is -0.123 e. The third-order valence-corrected chi connectivity index (χ3v) is 2.83. The Balaban J connectivity index is 2.51. The molecule has 0 bridgehead atoms. The van der Waals surface area contributed by atoms with Gasteiger partial charge in [0.15, 0.2) is 0 Å². The van der Waals surface area contributed by atoms with E-state index in [1.807, 2.05) is 0 Å². The van der Waals surface area contributed by atoms with Crippen LogP contribution in [0.1, 0.15) is 19.3 Å². The van der Waals surface area contributed by atoms with Gasteiger partial charge in [-0.3, -0.25) is 0 Å². The van der Waals surface area contributed by atoms with Gasteiger partial charge in [0.1, 0.15) is 4.33 Å². The van der Waals surface area contributed by atoms with E-state index in [4.69, 9.17) is 46.4 Å². The Bertz CT molecular complexity index is 111. The van der Waals surface area contributed by atoms with Gasteiger partial charge >= 0.3 is 0 Å². The van der Waals surface area contributed by atoms with E-state index >= 15 is 0 Å². The summed E-state index contributed by atoms with van der Waals surface area (Å²) in [5.74, 6) is 0. The highest BCUT2D eigenvalue weighted by molar-refractivity contribution is 6.49. The first kappa shape index (κ1) is 9.25. The molecular formula is C6H8Cl4. The zero-order valence-corrected chi connectivity index (χ0v) is 8.31. The summed E-state index contributed by atoms with van der Waals surface area (Å²) in [4.78, 5) is 0. The van der Waals surface area contributed by atoms with Crippen molar-refractivity contribution in [2.45, 2.75) is 34.3 Å². The van der Waals surface area contributed by atoms with Crippen LogP contribution >= 0.6 is 46.4 Å². The molecule has 0 nitrogen and oxygen atoms in total. The lowest BCUT2D eigenvalue weighted by molar-refractivity contribution is 0.491. The lowest BCUT2D eigenvalue weighted by atomic mass is 9.99. The van der Waals surface area contributed by atoms with Gasteiger partial charge in [-0.1, -0.05) is 0 Å². The van der Waals surface area contributed by atoms with Crippen LogP contribution in [0.25, 0.3) is 0 Å². The minimum absolute atomic E-state index is 0.0336. The molecule has 0 aromatic carbocycles. The molecule has 1 rings (SSSR count). The molecule has 0 unspecified atom stereocenters. The lowest BCUT2D eigenvalue weighted by Crippen LogP contribution is -2.30. The lowest BCUT2D eigenvalue weighted by Gasteiger charge is -2.31. The maximum atomic E-state index is 5.86. The fourth-order valence-corrected chi connectivity index (χ4v) is 3.28. The van der Waals surface area contributed by atoms with Crippen LogP contribution < -0.4 is 0 Å². The third kappa shape index (κ3) is 2.65. The third-order valence-electron chi connectivity index (χ3n) is 1.55. The number of hydrogen-bond acceptors (Lipinski definition) is 0. The van der Waals surface area contributed by atoms with Crippen molar-refractivity contribution in [3.05, 3.63) is 0 Å². The van der Waals surface area contributed by atoms with E-state index in [1.165, 1.54) is 0 Å². The number of halogens is 4. The van der Waals surface area contributed by atoms with Crippen molar-refractivity contribution >= 4 is 46.4 Å². The topological polar surface area (TPSA) is 0 Å². The maximum absolute atomic E-state index is 5.86. The quantitative estimate of drug-likeness (QED) is 0.549. The molecule has 0 aromatic rings. The largest absolute Gasteiger partial charge is 0.123 e. The van der Waals surface area contributed by atoms with Crippen LogP contribution in [0, 0.1) is 0 Å². The first-order chi connectivity index (χ1) is 4.49. The number of hydrogen-bond donors (Lipinski definition) is 0. The van der Waals surface area contributed by atoms with Gasteiger partial charge in [0, 0.05) is 10.8 Å². The standard InChI is InChI=1S/C6H8Cl4/c7-4-1-5(8)3-6(9,10)2-4/h4-5H,1-3H2/t4-,5-/m1/s1. The van der Waals surface area contributed by atoms with E-state index in [0.29, 0.717) is 12.8 Å². The molecule has 0 amide bonds. The van der Waals surface area contributed by atoms with Crippen LogP contribution in [0.4, 0.5) is 0 Å². The molecule has 1 fully saturated rings. The number of alkyl halides is 4. The molecule has 2 atom stereocenters. The van der Waals surface area contributed by atoms with Gasteiger partial charge in [-0.25, -0.2) is 0 Å². The fraction of sp³-hybridized carbons (Fsp3) is 1.00. The highest BCUT2D eigenvalue weighted by Crippen LogP contribution is 2.41. The second kappa shape index (κ2) is 3.26. The second-order valence-electron chi connectivity index (χ2n) is 2.69. The van der Waals surface area contributed by atoms with E-state index < -0.39 is 4.33 Å². The van der Waals surface area contributed by atoms with Crippen LogP contribution in [0.5, 0.6) is 0 Å². The van der Waals surface area contributed by atoms with Crippen LogP contribution in [-0.2, 0) is 0 Å². The van der Waals surface area contributed by atoms with Crippen LogP contribution in [0.2, 0.25) is 0 Å². The average Bonchev–Trinajstić information content (AvgIpc) is 1.54. The highest BCUT2D eigenvalue weighted by Gasteiger charge is 2.36. The van der Waals surface area contributed by atoms with Crippen molar-refractivity contribution in [3.8, 4) is 0 Å². The molecule has 0 heterocycles. The smallest absolute Gasteiger partial charge is 0.121 e. The van der Waals surface area contributed by atoms with Crippen LogP contribution in [0.15, 0.2) is 0 Å². The molecule has 0 radical (unpaired) electrons. The van der Waals surface area contributed by atoms with E-state index in [2.05, 4.69) is 0 Å². The Morgan fingerprint density at radius 3 is 1.70 bits per heavy atom. The van der Waals surface area contributed by atoms with Gasteiger partial charge in [0.05, 0.1) is 0 Å². The van der Waals surface area contributed by atoms with Gasteiger partial charge in [-0.2, -0.15) is 0 Å². The highest BCUT2D eigenvalue weighted by atomic mass is 35.5. The molecule has 0 aliphatic heterocycles. The summed E-state index contributed by atoms with van der Waals surface area (Å²) in [5, 5.41) is 0.0671. The zero-order valence-electron chi connectivity index (χ0n) is 5.29. The Hall–Kier alpha value is 1.16. The molecule has 1 saturated carbocycles. The van der Waals surface area contributed by atoms with E-state index in [0.717, 1.165) is 6.42 Å². The minimum atomic E-state index is -0.697. The molecule has 1 aliphatic rings. The first-order valence-electron chi connectivity index (χ1n) is 3.15. The Morgan fingerprint density at radius 2 is 1.40 bits per heavy atom. The normalized spacial score (nSPS) is 39.6. The molecule has 60 valence electrons. The van der Waals surface area contributed by atoms with Crippen molar-refractivity contribution in [1.82, 2.24) is 0 Å². The van der Waals surface area contributed by atoms with Gasteiger partial charge in [-0.15, -0.1) is 46.4 Å². The van der Waals surface area contributed by atoms with E-state index in [1.54, 1.807) is 0 Å². The van der Waals surface area contributed by atoms with E-state index in [9.17, 15) is 0 Å². The summed E-state index contributed by atoms with van der Waals surface area (Å²) in [7, 11) is 0. The van der Waals surface area contributed by atoms with Crippen molar-refractivity contribution < 1.29 is 0 Å². The summed E-state index contributed by atoms with van der Waals surface area (Å²) in [6.45, 7) is 0. The Labute approximate surface area is 80.8 Å². The Morgan fingerprint density at radius 1 is 1.00 bits per heavy atom. The Kier molecular flexibility index (Phi) is 3.02. The SMILES string of the molecule is Cl[C@@H]1C[C@@H](Cl)CC(Cl)(Cl)C1. The second-order valence-corrected chi connectivity index (χ2v) is 5.57. The van der Waals surface area contributed by atoms with E-state index in [-0.39, 0.29) is 10.8 Å². The molecule has 10 heavy (non-hydrogen) atoms. The average molecular weight is 222 g/mol. The molecule has 0 N–H and O–H groups in total. The summed E-state index contributed by atoms with van der Waals surface area (Å²) < 4.78 is -0.697. The van der Waals surface area contributed by atoms with Gasteiger partial charge in [-0.05, 0) is 19.3 Å². The monoisotopic (exact) mass is 220 g/mol. The van der Waals surface area contributed by atoms with Crippen molar-refractivity contribution in [2.75, 3.05) is 0 Å². The van der Waals surface area contributed by atoms with Crippen LogP contribution in [-0.4, -0.2) is 15.1 Å². The molecule has 1 aliphatic carbocycles. The van der Waals surface area contributed by atoms with Crippen molar-refractivity contribution in [1.29, 1.82) is 0 Å². The van der Waals surface area contributed by atoms with Crippen molar-refractivity contribution in [2.24, 2.45) is 0 Å². The molecule has 0 spiro atoms. The van der Waals surface area contributed by atoms with Gasteiger partial charge in [0.25, 0.3) is 0 Å². The zero-order chi connectivity index (χ0) is 7.78. The predicted octanol–water partition coefficient (Wildman–Crippen LogP) is 3.56. The molecule has 4 heteroatoms. The van der Waals surface area contributed by atoms with Crippen LogP contribution in [0.3, 0.4) is 0 Å². The number of rotatable bonds is 0. The molecule has 0 aromatic heterocycles. The van der Waals surface area contributed by atoms with Crippen molar-refractivity contribution in [3.63, 3.8) is 0 Å². The molecular weight excluding hydrogens is 214 g/mol.